The van der Waals surface area contributed by atoms with Gasteiger partial charge in [-0.3, -0.25) is 4.79 Å². The molecule has 0 spiro atoms. The zero-order valence-electron chi connectivity index (χ0n) is 11.5. The Hall–Kier alpha value is -0.660. The number of benzene rings is 1. The molecule has 4 nitrogen and oxygen atoms in total. The van der Waals surface area contributed by atoms with E-state index in [1.54, 1.807) is 7.11 Å². The molecule has 0 saturated carbocycles. The van der Waals surface area contributed by atoms with E-state index in [0.717, 1.165) is 21.0 Å². The summed E-state index contributed by atoms with van der Waals surface area (Å²) in [5, 5.41) is 0. The van der Waals surface area contributed by atoms with Gasteiger partial charge in [-0.1, -0.05) is 0 Å². The molecule has 1 rings (SSSR count). The van der Waals surface area contributed by atoms with Gasteiger partial charge in [0.25, 0.3) is 0 Å². The molecule has 0 heterocycles. The highest BCUT2D eigenvalue weighted by atomic mass is 127. The molecule has 0 N–H and O–H groups in total. The lowest BCUT2D eigenvalue weighted by Gasteiger charge is -2.14. The maximum absolute atomic E-state index is 11.1. The van der Waals surface area contributed by atoms with Crippen LogP contribution in [0, 0.1) is 17.4 Å². The maximum Gasteiger partial charge on any atom is 0.153 e. The van der Waals surface area contributed by atoms with E-state index in [1.807, 2.05) is 19.9 Å². The summed E-state index contributed by atoms with van der Waals surface area (Å²) in [6.07, 6.45) is 0.831. The highest BCUT2D eigenvalue weighted by Crippen LogP contribution is 2.29. The Labute approximate surface area is 127 Å². The fraction of sp³-hybridized carbons (Fsp3) is 0.500. The van der Waals surface area contributed by atoms with Crippen molar-refractivity contribution in [2.75, 3.05) is 33.5 Å². The predicted molar refractivity (Wildman–Crippen MR) is 82.2 cm³/mol. The Balaban J connectivity index is 2.62. The Kier molecular flexibility index (Phi) is 7.33. The topological polar surface area (TPSA) is 44.8 Å². The standard InChI is InChI=1S/C14H19IO4/c1-10-8-12(9-16)14(11(2)13(10)15)19-7-6-18-5-4-17-3/h8-9H,4-7H2,1-3H3. The molecule has 0 fully saturated rings. The first kappa shape index (κ1) is 16.4. The van der Waals surface area contributed by atoms with Crippen molar-refractivity contribution in [1.29, 1.82) is 0 Å². The van der Waals surface area contributed by atoms with Gasteiger partial charge in [0.15, 0.2) is 6.29 Å². The van der Waals surface area contributed by atoms with Crippen molar-refractivity contribution < 1.29 is 19.0 Å². The van der Waals surface area contributed by atoms with E-state index in [1.165, 1.54) is 0 Å². The lowest BCUT2D eigenvalue weighted by Crippen LogP contribution is -2.12. The molecule has 19 heavy (non-hydrogen) atoms. The third kappa shape index (κ3) is 4.74. The molecule has 0 bridgehead atoms. The van der Waals surface area contributed by atoms with Gasteiger partial charge in [0.2, 0.25) is 0 Å². The third-order valence-electron chi connectivity index (χ3n) is 2.68. The largest absolute Gasteiger partial charge is 0.490 e. The van der Waals surface area contributed by atoms with Gasteiger partial charge >= 0.3 is 0 Å². The number of carbonyl (C=O) groups is 1. The highest BCUT2D eigenvalue weighted by Gasteiger charge is 2.12. The zero-order chi connectivity index (χ0) is 14.3. The Bertz CT molecular complexity index is 432. The number of hydrogen-bond donors (Lipinski definition) is 0. The SMILES string of the molecule is COCCOCCOc1c(C=O)cc(C)c(I)c1C. The molecular formula is C14H19IO4. The molecule has 0 aliphatic rings. The Morgan fingerprint density at radius 3 is 2.53 bits per heavy atom. The van der Waals surface area contributed by atoms with E-state index < -0.39 is 0 Å². The average molecular weight is 378 g/mol. The molecule has 0 amide bonds. The highest BCUT2D eigenvalue weighted by molar-refractivity contribution is 14.1. The fourth-order valence-electron chi connectivity index (χ4n) is 1.70. The van der Waals surface area contributed by atoms with Crippen LogP contribution in [0.5, 0.6) is 5.75 Å². The number of aryl methyl sites for hydroxylation is 1. The summed E-state index contributed by atoms with van der Waals surface area (Å²) in [5.41, 5.74) is 2.68. The lowest BCUT2D eigenvalue weighted by atomic mass is 10.1. The second-order valence-corrected chi connectivity index (χ2v) is 5.20. The number of hydrogen-bond acceptors (Lipinski definition) is 4. The normalized spacial score (nSPS) is 10.5. The van der Waals surface area contributed by atoms with Crippen molar-refractivity contribution in [3.05, 3.63) is 26.3 Å². The van der Waals surface area contributed by atoms with Gasteiger partial charge in [-0.2, -0.15) is 0 Å². The van der Waals surface area contributed by atoms with Gasteiger partial charge in [0.1, 0.15) is 12.4 Å². The number of aldehydes is 1. The minimum atomic E-state index is 0.421. The van der Waals surface area contributed by atoms with Crippen molar-refractivity contribution in [1.82, 2.24) is 0 Å². The Morgan fingerprint density at radius 2 is 1.89 bits per heavy atom. The first-order valence-corrected chi connectivity index (χ1v) is 7.14. The van der Waals surface area contributed by atoms with Crippen LogP contribution in [0.15, 0.2) is 6.07 Å². The van der Waals surface area contributed by atoms with Crippen LogP contribution >= 0.6 is 22.6 Å². The van der Waals surface area contributed by atoms with Crippen molar-refractivity contribution >= 4 is 28.9 Å². The molecule has 5 heteroatoms. The molecule has 1 aromatic rings. The van der Waals surface area contributed by atoms with Crippen LogP contribution in [0.1, 0.15) is 21.5 Å². The molecule has 106 valence electrons. The second-order valence-electron chi connectivity index (χ2n) is 4.12. The third-order valence-corrected chi connectivity index (χ3v) is 4.34. The monoisotopic (exact) mass is 378 g/mol. The van der Waals surface area contributed by atoms with Crippen LogP contribution in [0.25, 0.3) is 0 Å². The van der Waals surface area contributed by atoms with Gasteiger partial charge in [0.05, 0.1) is 25.4 Å². The first-order valence-electron chi connectivity index (χ1n) is 6.06. The molecule has 0 saturated heterocycles. The van der Waals surface area contributed by atoms with E-state index >= 15 is 0 Å². The van der Waals surface area contributed by atoms with Crippen LogP contribution in [-0.4, -0.2) is 39.8 Å². The summed E-state index contributed by atoms with van der Waals surface area (Å²) in [6.45, 7) is 5.96. The van der Waals surface area contributed by atoms with Crippen molar-refractivity contribution in [2.24, 2.45) is 0 Å². The molecule has 0 unspecified atom stereocenters. The number of carbonyl (C=O) groups excluding carboxylic acids is 1. The number of halogens is 1. The van der Waals surface area contributed by atoms with Gasteiger partial charge in [0, 0.05) is 16.2 Å². The van der Waals surface area contributed by atoms with Crippen molar-refractivity contribution in [3.8, 4) is 5.75 Å². The smallest absolute Gasteiger partial charge is 0.153 e. The van der Waals surface area contributed by atoms with E-state index in [9.17, 15) is 4.79 Å². The van der Waals surface area contributed by atoms with E-state index in [4.69, 9.17) is 14.2 Å². The van der Waals surface area contributed by atoms with Gasteiger partial charge in [-0.15, -0.1) is 0 Å². The molecule has 0 radical (unpaired) electrons. The molecule has 0 aliphatic carbocycles. The Morgan fingerprint density at radius 1 is 1.21 bits per heavy atom. The van der Waals surface area contributed by atoms with E-state index in [0.29, 0.717) is 37.7 Å². The van der Waals surface area contributed by atoms with Crippen molar-refractivity contribution in [2.45, 2.75) is 13.8 Å². The van der Waals surface area contributed by atoms with Crippen LogP contribution in [-0.2, 0) is 9.47 Å². The lowest BCUT2D eigenvalue weighted by molar-refractivity contribution is 0.0541. The molecular weight excluding hydrogens is 359 g/mol. The fourth-order valence-corrected chi connectivity index (χ4v) is 2.10. The van der Waals surface area contributed by atoms with Crippen LogP contribution in [0.3, 0.4) is 0 Å². The summed E-state index contributed by atoms with van der Waals surface area (Å²) in [4.78, 5) is 11.1. The van der Waals surface area contributed by atoms with Crippen molar-refractivity contribution in [3.63, 3.8) is 0 Å². The maximum atomic E-state index is 11.1. The summed E-state index contributed by atoms with van der Waals surface area (Å²) in [7, 11) is 1.63. The molecule has 0 aliphatic heterocycles. The summed E-state index contributed by atoms with van der Waals surface area (Å²) in [6, 6.07) is 1.85. The first-order chi connectivity index (χ1) is 9.11. The van der Waals surface area contributed by atoms with E-state index in [2.05, 4.69) is 22.6 Å². The molecule has 0 aromatic heterocycles. The minimum absolute atomic E-state index is 0.421. The molecule has 0 atom stereocenters. The second kappa shape index (κ2) is 8.50. The van der Waals surface area contributed by atoms with E-state index in [-0.39, 0.29) is 0 Å². The van der Waals surface area contributed by atoms with Crippen LogP contribution in [0.2, 0.25) is 0 Å². The predicted octanol–water partition coefficient (Wildman–Crippen LogP) is 2.76. The number of ether oxygens (including phenoxy) is 3. The minimum Gasteiger partial charge on any atom is -0.490 e. The molecule has 1 aromatic carbocycles. The average Bonchev–Trinajstić information content (AvgIpc) is 2.41. The van der Waals surface area contributed by atoms with Crippen LogP contribution < -0.4 is 4.74 Å². The summed E-state index contributed by atoms with van der Waals surface area (Å²) in [5.74, 6) is 0.653. The summed E-state index contributed by atoms with van der Waals surface area (Å²) >= 11 is 2.26. The zero-order valence-corrected chi connectivity index (χ0v) is 13.7. The van der Waals surface area contributed by atoms with Gasteiger partial charge in [-0.25, -0.2) is 0 Å². The quantitative estimate of drug-likeness (QED) is 0.397. The number of methoxy groups -OCH3 is 1. The number of rotatable bonds is 8. The van der Waals surface area contributed by atoms with Gasteiger partial charge < -0.3 is 14.2 Å². The van der Waals surface area contributed by atoms with Gasteiger partial charge in [-0.05, 0) is 48.1 Å². The summed E-state index contributed by atoms with van der Waals surface area (Å²) < 4.78 is 17.0. The van der Waals surface area contributed by atoms with Crippen LogP contribution in [0.4, 0.5) is 0 Å².